The molecule has 0 bridgehead atoms. The quantitative estimate of drug-likeness (QED) is 0.923. The van der Waals surface area contributed by atoms with Crippen molar-refractivity contribution in [3.05, 3.63) is 35.9 Å². The molecule has 1 aromatic rings. The fraction of sp³-hybridized carbons (Fsp3) is 0.467. The molecule has 1 aromatic carbocycles. The van der Waals surface area contributed by atoms with Crippen molar-refractivity contribution in [2.24, 2.45) is 5.92 Å². The Balaban J connectivity index is 2.04. The van der Waals surface area contributed by atoms with Crippen LogP contribution < -0.4 is 5.32 Å². The van der Waals surface area contributed by atoms with E-state index >= 15 is 0 Å². The second-order valence-corrected chi connectivity index (χ2v) is 6.30. The largest absolute Gasteiger partial charge is 0.354 e. The van der Waals surface area contributed by atoms with Gasteiger partial charge in [0, 0.05) is 17.9 Å². The molecule has 20 heavy (non-hydrogen) atoms. The van der Waals surface area contributed by atoms with Crippen LogP contribution in [0.25, 0.3) is 0 Å². The summed E-state index contributed by atoms with van der Waals surface area (Å²) in [4.78, 5) is 26.3. The first-order valence-electron chi connectivity index (χ1n) is 6.81. The molecular weight excluding hydrogens is 272 g/mol. The summed E-state index contributed by atoms with van der Waals surface area (Å²) in [6.45, 7) is 4.75. The average Bonchev–Trinajstić information content (AvgIpc) is 2.94. The molecule has 0 saturated carbocycles. The lowest BCUT2D eigenvalue weighted by Gasteiger charge is -2.23. The number of carbonyl (C=O) groups excluding carboxylic acids is 2. The highest BCUT2D eigenvalue weighted by Crippen LogP contribution is 2.23. The van der Waals surface area contributed by atoms with Crippen molar-refractivity contribution in [2.75, 3.05) is 18.2 Å². The smallest absolute Gasteiger partial charge is 0.255 e. The normalized spacial score (nSPS) is 18.4. The van der Waals surface area contributed by atoms with Crippen molar-refractivity contribution < 1.29 is 9.59 Å². The van der Waals surface area contributed by atoms with Gasteiger partial charge in [0.15, 0.2) is 0 Å². The van der Waals surface area contributed by atoms with Crippen LogP contribution >= 0.6 is 11.8 Å². The summed E-state index contributed by atoms with van der Waals surface area (Å²) >= 11 is 1.62. The number of amides is 2. The number of nitrogens with one attached hydrogen (secondary N) is 1. The highest BCUT2D eigenvalue weighted by Gasteiger charge is 2.34. The number of rotatable bonds is 4. The van der Waals surface area contributed by atoms with Crippen LogP contribution in [0.5, 0.6) is 0 Å². The Morgan fingerprint density at radius 1 is 1.35 bits per heavy atom. The number of thioether (sulfide) groups is 1. The second-order valence-electron chi connectivity index (χ2n) is 5.30. The van der Waals surface area contributed by atoms with Gasteiger partial charge in [0.25, 0.3) is 5.91 Å². The lowest BCUT2D eigenvalue weighted by molar-refractivity contribution is -0.124. The van der Waals surface area contributed by atoms with Gasteiger partial charge in [-0.2, -0.15) is 0 Å². The van der Waals surface area contributed by atoms with Crippen LogP contribution in [-0.4, -0.2) is 40.9 Å². The molecule has 1 atom stereocenters. The first-order chi connectivity index (χ1) is 9.59. The third-order valence-corrected chi connectivity index (χ3v) is 4.16. The Labute approximate surface area is 123 Å². The van der Waals surface area contributed by atoms with E-state index in [1.807, 2.05) is 18.2 Å². The molecule has 108 valence electrons. The van der Waals surface area contributed by atoms with E-state index in [-0.39, 0.29) is 17.9 Å². The molecule has 1 heterocycles. The minimum atomic E-state index is -0.355. The van der Waals surface area contributed by atoms with E-state index in [9.17, 15) is 9.59 Å². The Hall–Kier alpha value is -1.49. The standard InChI is InChI=1S/C15H20N2O2S/c1-11(2)8-16-14(18)13-9-20-10-17(13)15(19)12-6-4-3-5-7-12/h3-7,11,13H,8-10H2,1-2H3,(H,16,18)/t13-/m0/s1. The molecule has 5 heteroatoms. The molecule has 4 nitrogen and oxygen atoms in total. The molecule has 0 radical (unpaired) electrons. The van der Waals surface area contributed by atoms with Crippen molar-refractivity contribution in [3.8, 4) is 0 Å². The van der Waals surface area contributed by atoms with Gasteiger partial charge in [0.05, 0.1) is 5.88 Å². The van der Waals surface area contributed by atoms with Crippen LogP contribution in [0.3, 0.4) is 0 Å². The molecule has 0 aliphatic carbocycles. The van der Waals surface area contributed by atoms with Gasteiger partial charge in [-0.3, -0.25) is 9.59 Å². The molecule has 1 N–H and O–H groups in total. The maximum absolute atomic E-state index is 12.4. The zero-order valence-electron chi connectivity index (χ0n) is 11.8. The monoisotopic (exact) mass is 292 g/mol. The summed E-state index contributed by atoms with van der Waals surface area (Å²) in [6, 6.07) is 8.77. The molecule has 0 unspecified atom stereocenters. The molecule has 0 spiro atoms. The molecule has 2 amide bonds. The summed E-state index contributed by atoms with van der Waals surface area (Å²) in [5.74, 6) is 1.54. The zero-order valence-corrected chi connectivity index (χ0v) is 12.7. The fourth-order valence-corrected chi connectivity index (χ4v) is 3.18. The van der Waals surface area contributed by atoms with Gasteiger partial charge in [0.2, 0.25) is 5.91 Å². The SMILES string of the molecule is CC(C)CNC(=O)[C@@H]1CSCN1C(=O)c1ccccc1. The molecule has 1 fully saturated rings. The van der Waals surface area contributed by atoms with Crippen LogP contribution in [0.1, 0.15) is 24.2 Å². The summed E-state index contributed by atoms with van der Waals surface area (Å²) in [7, 11) is 0. The first-order valence-corrected chi connectivity index (χ1v) is 7.96. The van der Waals surface area contributed by atoms with Gasteiger partial charge >= 0.3 is 0 Å². The number of hydrogen-bond donors (Lipinski definition) is 1. The zero-order chi connectivity index (χ0) is 14.5. The number of carbonyl (C=O) groups is 2. The average molecular weight is 292 g/mol. The molecule has 0 aromatic heterocycles. The maximum Gasteiger partial charge on any atom is 0.255 e. The van der Waals surface area contributed by atoms with Crippen LogP contribution in [0.15, 0.2) is 30.3 Å². The van der Waals surface area contributed by atoms with E-state index in [0.717, 1.165) is 0 Å². The number of benzene rings is 1. The Morgan fingerprint density at radius 3 is 2.70 bits per heavy atom. The van der Waals surface area contributed by atoms with E-state index in [1.165, 1.54) is 0 Å². The van der Waals surface area contributed by atoms with Gasteiger partial charge in [-0.15, -0.1) is 11.8 Å². The summed E-state index contributed by atoms with van der Waals surface area (Å²) in [6.07, 6.45) is 0. The van der Waals surface area contributed by atoms with Gasteiger partial charge in [-0.05, 0) is 18.1 Å². The minimum Gasteiger partial charge on any atom is -0.354 e. The Kier molecular flexibility index (Phi) is 5.06. The molecule has 1 aliphatic heterocycles. The van der Waals surface area contributed by atoms with Crippen molar-refractivity contribution in [2.45, 2.75) is 19.9 Å². The number of hydrogen-bond acceptors (Lipinski definition) is 3. The molecule has 1 saturated heterocycles. The van der Waals surface area contributed by atoms with Gasteiger partial charge in [-0.1, -0.05) is 32.0 Å². The predicted molar refractivity (Wildman–Crippen MR) is 81.6 cm³/mol. The van der Waals surface area contributed by atoms with Gasteiger partial charge in [-0.25, -0.2) is 0 Å². The minimum absolute atomic E-state index is 0.0482. The van der Waals surface area contributed by atoms with Gasteiger partial charge in [0.1, 0.15) is 6.04 Å². The second kappa shape index (κ2) is 6.79. The van der Waals surface area contributed by atoms with Crippen LogP contribution in [-0.2, 0) is 4.79 Å². The highest BCUT2D eigenvalue weighted by atomic mass is 32.2. The predicted octanol–water partition coefficient (Wildman–Crippen LogP) is 1.97. The molecule has 2 rings (SSSR count). The van der Waals surface area contributed by atoms with Crippen LogP contribution in [0.2, 0.25) is 0 Å². The van der Waals surface area contributed by atoms with E-state index in [0.29, 0.717) is 29.7 Å². The van der Waals surface area contributed by atoms with Crippen molar-refractivity contribution in [1.29, 1.82) is 0 Å². The maximum atomic E-state index is 12.4. The topological polar surface area (TPSA) is 49.4 Å². The van der Waals surface area contributed by atoms with Crippen LogP contribution in [0, 0.1) is 5.92 Å². The third kappa shape index (κ3) is 3.54. The van der Waals surface area contributed by atoms with E-state index in [1.54, 1.807) is 28.8 Å². The molecule has 1 aliphatic rings. The lowest BCUT2D eigenvalue weighted by Crippen LogP contribution is -2.47. The fourth-order valence-electron chi connectivity index (χ4n) is 2.03. The highest BCUT2D eigenvalue weighted by molar-refractivity contribution is 7.99. The van der Waals surface area contributed by atoms with Crippen molar-refractivity contribution >= 4 is 23.6 Å². The van der Waals surface area contributed by atoms with E-state index in [2.05, 4.69) is 19.2 Å². The molecular formula is C15H20N2O2S. The summed E-state index contributed by atoms with van der Waals surface area (Å²) < 4.78 is 0. The summed E-state index contributed by atoms with van der Waals surface area (Å²) in [5, 5.41) is 2.91. The Bertz CT molecular complexity index is 476. The number of nitrogens with zero attached hydrogens (tertiary/aromatic N) is 1. The Morgan fingerprint density at radius 2 is 2.05 bits per heavy atom. The van der Waals surface area contributed by atoms with E-state index in [4.69, 9.17) is 0 Å². The van der Waals surface area contributed by atoms with Gasteiger partial charge < -0.3 is 10.2 Å². The lowest BCUT2D eigenvalue weighted by atomic mass is 10.1. The van der Waals surface area contributed by atoms with Crippen molar-refractivity contribution in [3.63, 3.8) is 0 Å². The van der Waals surface area contributed by atoms with Crippen LogP contribution in [0.4, 0.5) is 0 Å². The van der Waals surface area contributed by atoms with Crippen molar-refractivity contribution in [1.82, 2.24) is 10.2 Å². The van der Waals surface area contributed by atoms with E-state index < -0.39 is 0 Å². The first kappa shape index (κ1) is 14.9. The summed E-state index contributed by atoms with van der Waals surface area (Å²) in [5.41, 5.74) is 0.636. The third-order valence-electron chi connectivity index (χ3n) is 3.15.